The second kappa shape index (κ2) is 7.88. The molecule has 0 radical (unpaired) electrons. The molecule has 1 heterocycles. The maximum Gasteiger partial charge on any atom is 0.244 e. The van der Waals surface area contributed by atoms with Crippen LogP contribution < -0.4 is 5.32 Å². The van der Waals surface area contributed by atoms with Gasteiger partial charge in [-0.15, -0.1) is 0 Å². The lowest BCUT2D eigenvalue weighted by Gasteiger charge is -2.28. The van der Waals surface area contributed by atoms with Gasteiger partial charge in [0.2, 0.25) is 5.91 Å². The standard InChI is InChI=1S/C20H21FN2O/c21-19-8-5-16(6-9-19)7-10-20(24)22-12-14-23-13-11-17-3-1-2-4-18(17)15-23/h1-10H,11-15H2,(H,22,24). The number of amides is 1. The Bertz CT molecular complexity index is 725. The van der Waals surface area contributed by atoms with Crippen molar-refractivity contribution < 1.29 is 9.18 Å². The quantitative estimate of drug-likeness (QED) is 0.858. The van der Waals surface area contributed by atoms with Gasteiger partial charge in [0.25, 0.3) is 0 Å². The van der Waals surface area contributed by atoms with Gasteiger partial charge in [-0.2, -0.15) is 0 Å². The number of benzene rings is 2. The molecule has 0 saturated carbocycles. The lowest BCUT2D eigenvalue weighted by molar-refractivity contribution is -0.116. The highest BCUT2D eigenvalue weighted by Gasteiger charge is 2.14. The van der Waals surface area contributed by atoms with E-state index >= 15 is 0 Å². The summed E-state index contributed by atoms with van der Waals surface area (Å²) in [4.78, 5) is 14.2. The molecule has 3 rings (SSSR count). The molecular weight excluding hydrogens is 303 g/mol. The number of halogens is 1. The van der Waals surface area contributed by atoms with Crippen LogP contribution in [0.4, 0.5) is 4.39 Å². The molecule has 2 aromatic carbocycles. The van der Waals surface area contributed by atoms with Crippen molar-refractivity contribution in [2.45, 2.75) is 13.0 Å². The molecule has 3 nitrogen and oxygen atoms in total. The Balaban J connectivity index is 1.42. The Labute approximate surface area is 141 Å². The minimum absolute atomic E-state index is 0.128. The molecule has 0 aromatic heterocycles. The van der Waals surface area contributed by atoms with Gasteiger partial charge in [-0.25, -0.2) is 4.39 Å². The summed E-state index contributed by atoms with van der Waals surface area (Å²) in [5.74, 6) is -0.406. The fraction of sp³-hybridized carbons (Fsp3) is 0.250. The minimum atomic E-state index is -0.278. The first-order chi connectivity index (χ1) is 11.7. The first-order valence-corrected chi connectivity index (χ1v) is 8.21. The normalized spacial score (nSPS) is 14.5. The van der Waals surface area contributed by atoms with Crippen molar-refractivity contribution in [2.75, 3.05) is 19.6 Å². The Hall–Kier alpha value is -2.46. The van der Waals surface area contributed by atoms with E-state index in [0.29, 0.717) is 6.54 Å². The van der Waals surface area contributed by atoms with E-state index in [1.165, 1.54) is 29.3 Å². The van der Waals surface area contributed by atoms with Crippen molar-refractivity contribution in [3.8, 4) is 0 Å². The van der Waals surface area contributed by atoms with E-state index in [2.05, 4.69) is 34.5 Å². The highest BCUT2D eigenvalue weighted by Crippen LogP contribution is 2.17. The summed E-state index contributed by atoms with van der Waals surface area (Å²) < 4.78 is 12.8. The predicted molar refractivity (Wildman–Crippen MR) is 93.9 cm³/mol. The Kier molecular flexibility index (Phi) is 5.39. The molecule has 0 bridgehead atoms. The fourth-order valence-corrected chi connectivity index (χ4v) is 2.89. The van der Waals surface area contributed by atoms with Gasteiger partial charge in [0.1, 0.15) is 5.82 Å². The summed E-state index contributed by atoms with van der Waals surface area (Å²) in [5, 5.41) is 2.89. The molecule has 1 N–H and O–H groups in total. The van der Waals surface area contributed by atoms with Crippen LogP contribution in [-0.2, 0) is 17.8 Å². The monoisotopic (exact) mass is 324 g/mol. The van der Waals surface area contributed by atoms with E-state index in [-0.39, 0.29) is 11.7 Å². The van der Waals surface area contributed by atoms with E-state index in [1.54, 1.807) is 18.2 Å². The van der Waals surface area contributed by atoms with E-state index < -0.39 is 0 Å². The summed E-state index contributed by atoms with van der Waals surface area (Å²) in [7, 11) is 0. The number of carbonyl (C=O) groups is 1. The van der Waals surface area contributed by atoms with Gasteiger partial charge < -0.3 is 5.32 Å². The molecule has 1 aliphatic rings. The maximum absolute atomic E-state index is 12.8. The number of fused-ring (bicyclic) bond motifs is 1. The van der Waals surface area contributed by atoms with Crippen molar-refractivity contribution in [3.05, 3.63) is 77.1 Å². The van der Waals surface area contributed by atoms with Crippen LogP contribution in [0.1, 0.15) is 16.7 Å². The minimum Gasteiger partial charge on any atom is -0.351 e. The molecule has 0 saturated heterocycles. The predicted octanol–water partition coefficient (Wildman–Crippen LogP) is 3.01. The lowest BCUT2D eigenvalue weighted by Crippen LogP contribution is -2.37. The Morgan fingerprint density at radius 3 is 2.67 bits per heavy atom. The second-order valence-electron chi connectivity index (χ2n) is 5.97. The largest absolute Gasteiger partial charge is 0.351 e. The molecule has 24 heavy (non-hydrogen) atoms. The fourth-order valence-electron chi connectivity index (χ4n) is 2.89. The van der Waals surface area contributed by atoms with Gasteiger partial charge >= 0.3 is 0 Å². The van der Waals surface area contributed by atoms with Gasteiger partial charge in [-0.05, 0) is 41.3 Å². The van der Waals surface area contributed by atoms with Crippen LogP contribution in [0.15, 0.2) is 54.6 Å². The summed E-state index contributed by atoms with van der Waals surface area (Å²) in [5.41, 5.74) is 3.62. The van der Waals surface area contributed by atoms with Crippen molar-refractivity contribution >= 4 is 12.0 Å². The number of nitrogens with one attached hydrogen (secondary N) is 1. The number of rotatable bonds is 5. The summed E-state index contributed by atoms with van der Waals surface area (Å²) in [6, 6.07) is 14.6. The highest BCUT2D eigenvalue weighted by atomic mass is 19.1. The average molecular weight is 324 g/mol. The molecular formula is C20H21FN2O. The molecule has 1 amide bonds. The number of carbonyl (C=O) groups excluding carboxylic acids is 1. The summed E-state index contributed by atoms with van der Waals surface area (Å²) in [6.45, 7) is 3.43. The van der Waals surface area contributed by atoms with Crippen LogP contribution >= 0.6 is 0 Å². The second-order valence-corrected chi connectivity index (χ2v) is 5.97. The molecule has 0 atom stereocenters. The van der Waals surface area contributed by atoms with Gasteiger partial charge in [-0.1, -0.05) is 36.4 Å². The average Bonchev–Trinajstić information content (AvgIpc) is 2.61. The molecule has 0 fully saturated rings. The van der Waals surface area contributed by atoms with Gasteiger partial charge in [0.05, 0.1) is 0 Å². The van der Waals surface area contributed by atoms with Crippen molar-refractivity contribution in [1.82, 2.24) is 10.2 Å². The molecule has 4 heteroatoms. The Morgan fingerprint density at radius 2 is 1.88 bits per heavy atom. The van der Waals surface area contributed by atoms with E-state index in [9.17, 15) is 9.18 Å². The van der Waals surface area contributed by atoms with Crippen molar-refractivity contribution in [2.24, 2.45) is 0 Å². The molecule has 1 aliphatic heterocycles. The van der Waals surface area contributed by atoms with Gasteiger partial charge in [-0.3, -0.25) is 9.69 Å². The third kappa shape index (κ3) is 4.52. The van der Waals surface area contributed by atoms with Crippen LogP contribution in [0.5, 0.6) is 0 Å². The van der Waals surface area contributed by atoms with Gasteiger partial charge in [0.15, 0.2) is 0 Å². The smallest absolute Gasteiger partial charge is 0.244 e. The Morgan fingerprint density at radius 1 is 1.12 bits per heavy atom. The topological polar surface area (TPSA) is 32.3 Å². The third-order valence-electron chi connectivity index (χ3n) is 4.23. The summed E-state index contributed by atoms with van der Waals surface area (Å²) in [6.07, 6.45) is 4.24. The van der Waals surface area contributed by atoms with Crippen LogP contribution in [0.25, 0.3) is 6.08 Å². The molecule has 0 unspecified atom stereocenters. The van der Waals surface area contributed by atoms with Crippen molar-refractivity contribution in [1.29, 1.82) is 0 Å². The highest BCUT2D eigenvalue weighted by molar-refractivity contribution is 5.91. The van der Waals surface area contributed by atoms with E-state index in [0.717, 1.165) is 31.6 Å². The SMILES string of the molecule is O=C(C=Cc1ccc(F)cc1)NCCN1CCc2ccccc2C1. The zero-order valence-electron chi connectivity index (χ0n) is 13.5. The van der Waals surface area contributed by atoms with Crippen LogP contribution in [0, 0.1) is 5.82 Å². The van der Waals surface area contributed by atoms with Crippen LogP contribution in [0.2, 0.25) is 0 Å². The zero-order valence-corrected chi connectivity index (χ0v) is 13.5. The van der Waals surface area contributed by atoms with Crippen LogP contribution in [-0.4, -0.2) is 30.4 Å². The van der Waals surface area contributed by atoms with E-state index in [1.807, 2.05) is 0 Å². The molecule has 0 spiro atoms. The lowest BCUT2D eigenvalue weighted by atomic mass is 10.00. The first-order valence-electron chi connectivity index (χ1n) is 8.21. The zero-order chi connectivity index (χ0) is 16.8. The maximum atomic E-state index is 12.8. The first kappa shape index (κ1) is 16.4. The third-order valence-corrected chi connectivity index (χ3v) is 4.23. The van der Waals surface area contributed by atoms with E-state index in [4.69, 9.17) is 0 Å². The number of nitrogens with zero attached hydrogens (tertiary/aromatic N) is 1. The number of hydrogen-bond donors (Lipinski definition) is 1. The number of hydrogen-bond acceptors (Lipinski definition) is 2. The molecule has 124 valence electrons. The van der Waals surface area contributed by atoms with Crippen LogP contribution in [0.3, 0.4) is 0 Å². The summed E-state index contributed by atoms with van der Waals surface area (Å²) >= 11 is 0. The van der Waals surface area contributed by atoms with Gasteiger partial charge in [0, 0.05) is 32.3 Å². The molecule has 2 aromatic rings. The van der Waals surface area contributed by atoms with Crippen molar-refractivity contribution in [3.63, 3.8) is 0 Å². The molecule has 0 aliphatic carbocycles.